The zero-order valence-electron chi connectivity index (χ0n) is 13.8. The van der Waals surface area contributed by atoms with E-state index >= 15 is 0 Å². The Balaban J connectivity index is 2.21. The molecule has 0 aliphatic carbocycles. The number of fused-ring (bicyclic) bond motifs is 1. The first-order valence-corrected chi connectivity index (χ1v) is 7.58. The van der Waals surface area contributed by atoms with E-state index in [-0.39, 0.29) is 11.5 Å². The van der Waals surface area contributed by atoms with Gasteiger partial charge in [0.05, 0.1) is 4.92 Å². The van der Waals surface area contributed by atoms with Gasteiger partial charge in [-0.25, -0.2) is 4.98 Å². The van der Waals surface area contributed by atoms with E-state index in [1.165, 1.54) is 18.2 Å². The Hall–Kier alpha value is -3.48. The zero-order valence-corrected chi connectivity index (χ0v) is 13.8. The highest BCUT2D eigenvalue weighted by molar-refractivity contribution is 6.08. The van der Waals surface area contributed by atoms with Gasteiger partial charge in [0.2, 0.25) is 5.78 Å². The van der Waals surface area contributed by atoms with Gasteiger partial charge in [0.25, 0.3) is 5.69 Å². The molecular formula is C18H16N4O3. The summed E-state index contributed by atoms with van der Waals surface area (Å²) < 4.78 is 1.69. The molecule has 0 saturated carbocycles. The van der Waals surface area contributed by atoms with E-state index in [0.717, 1.165) is 0 Å². The van der Waals surface area contributed by atoms with Crippen molar-refractivity contribution in [3.05, 3.63) is 76.7 Å². The molecule has 126 valence electrons. The van der Waals surface area contributed by atoms with E-state index in [2.05, 4.69) is 4.98 Å². The van der Waals surface area contributed by atoms with Crippen LogP contribution in [0.5, 0.6) is 0 Å². The number of nitrogens with zero attached hydrogens (tertiary/aromatic N) is 4. The predicted octanol–water partition coefficient (Wildman–Crippen LogP) is 3.17. The van der Waals surface area contributed by atoms with Crippen LogP contribution in [0, 0.1) is 10.1 Å². The lowest BCUT2D eigenvalue weighted by atomic mass is 10.1. The second kappa shape index (κ2) is 6.56. The maximum atomic E-state index is 12.7. The van der Waals surface area contributed by atoms with E-state index in [4.69, 9.17) is 0 Å². The average Bonchev–Trinajstić information content (AvgIpc) is 2.99. The van der Waals surface area contributed by atoms with Gasteiger partial charge < -0.3 is 4.90 Å². The monoisotopic (exact) mass is 336 g/mol. The molecule has 25 heavy (non-hydrogen) atoms. The lowest BCUT2D eigenvalue weighted by molar-refractivity contribution is -0.384. The topological polar surface area (TPSA) is 80.8 Å². The number of non-ortho nitro benzene ring substituents is 1. The number of hydrogen-bond acceptors (Lipinski definition) is 5. The molecule has 0 spiro atoms. The van der Waals surface area contributed by atoms with Gasteiger partial charge in [-0.05, 0) is 12.1 Å². The van der Waals surface area contributed by atoms with Crippen molar-refractivity contribution in [2.24, 2.45) is 0 Å². The molecule has 0 fully saturated rings. The SMILES string of the molecule is CN(C)/C=C/C(=O)c1c(-c2cccc([N+](=O)[O-])c2)nc2ccccn12. The minimum Gasteiger partial charge on any atom is -0.383 e. The Morgan fingerprint density at radius 1 is 1.24 bits per heavy atom. The second-order valence-corrected chi connectivity index (χ2v) is 5.69. The van der Waals surface area contributed by atoms with Crippen molar-refractivity contribution in [2.45, 2.75) is 0 Å². The number of pyridine rings is 1. The van der Waals surface area contributed by atoms with Crippen molar-refractivity contribution in [1.82, 2.24) is 14.3 Å². The molecule has 3 aromatic rings. The van der Waals surface area contributed by atoms with Gasteiger partial charge in [-0.3, -0.25) is 19.3 Å². The summed E-state index contributed by atoms with van der Waals surface area (Å²) in [6, 6.07) is 11.5. The Labute approximate surface area is 144 Å². The molecule has 0 atom stereocenters. The molecule has 0 aliphatic heterocycles. The van der Waals surface area contributed by atoms with Crippen LogP contribution in [-0.2, 0) is 0 Å². The molecule has 0 amide bonds. The van der Waals surface area contributed by atoms with Crippen LogP contribution >= 0.6 is 0 Å². The number of nitro groups is 1. The summed E-state index contributed by atoms with van der Waals surface area (Å²) in [5.74, 6) is -0.228. The molecule has 2 heterocycles. The number of rotatable bonds is 5. The summed E-state index contributed by atoms with van der Waals surface area (Å²) in [5.41, 5.74) is 1.87. The lowest BCUT2D eigenvalue weighted by Crippen LogP contribution is -2.06. The van der Waals surface area contributed by atoms with Gasteiger partial charge in [-0.2, -0.15) is 0 Å². The summed E-state index contributed by atoms with van der Waals surface area (Å²) in [5, 5.41) is 11.0. The summed E-state index contributed by atoms with van der Waals surface area (Å²) in [4.78, 5) is 29.6. The van der Waals surface area contributed by atoms with Crippen molar-refractivity contribution in [3.63, 3.8) is 0 Å². The highest BCUT2D eigenvalue weighted by Crippen LogP contribution is 2.28. The van der Waals surface area contributed by atoms with Crippen LogP contribution in [0.3, 0.4) is 0 Å². The molecule has 0 aliphatic rings. The third-order valence-electron chi connectivity index (χ3n) is 3.62. The van der Waals surface area contributed by atoms with Crippen molar-refractivity contribution >= 4 is 17.1 Å². The largest absolute Gasteiger partial charge is 0.383 e. The first kappa shape index (κ1) is 16.4. The summed E-state index contributed by atoms with van der Waals surface area (Å²) in [6.07, 6.45) is 4.86. The first-order chi connectivity index (χ1) is 12.0. The molecule has 1 aromatic carbocycles. The molecule has 0 radical (unpaired) electrons. The normalized spacial score (nSPS) is 11.1. The van der Waals surface area contributed by atoms with Gasteiger partial charge in [0.15, 0.2) is 0 Å². The van der Waals surface area contributed by atoms with Crippen LogP contribution in [-0.4, -0.2) is 39.1 Å². The maximum Gasteiger partial charge on any atom is 0.270 e. The van der Waals surface area contributed by atoms with Gasteiger partial charge in [0, 0.05) is 50.3 Å². The van der Waals surface area contributed by atoms with Crippen molar-refractivity contribution < 1.29 is 9.72 Å². The van der Waals surface area contributed by atoms with Crippen LogP contribution in [0.15, 0.2) is 60.9 Å². The Morgan fingerprint density at radius 3 is 2.76 bits per heavy atom. The smallest absolute Gasteiger partial charge is 0.270 e. The number of ketones is 1. The fourth-order valence-corrected chi connectivity index (χ4v) is 2.50. The fourth-order valence-electron chi connectivity index (χ4n) is 2.50. The Bertz CT molecular complexity index is 989. The van der Waals surface area contributed by atoms with Crippen LogP contribution in [0.2, 0.25) is 0 Å². The van der Waals surface area contributed by atoms with E-state index in [9.17, 15) is 14.9 Å². The minimum absolute atomic E-state index is 0.0446. The van der Waals surface area contributed by atoms with E-state index in [1.54, 1.807) is 46.0 Å². The van der Waals surface area contributed by atoms with Crippen LogP contribution < -0.4 is 0 Å². The zero-order chi connectivity index (χ0) is 18.0. The van der Waals surface area contributed by atoms with Crippen LogP contribution in [0.25, 0.3) is 16.9 Å². The highest BCUT2D eigenvalue weighted by atomic mass is 16.6. The predicted molar refractivity (Wildman–Crippen MR) is 94.4 cm³/mol. The van der Waals surface area contributed by atoms with Gasteiger partial charge in [0.1, 0.15) is 17.0 Å². The van der Waals surface area contributed by atoms with E-state index in [0.29, 0.717) is 22.6 Å². The average molecular weight is 336 g/mol. The molecule has 2 aromatic heterocycles. The fraction of sp³-hybridized carbons (Fsp3) is 0.111. The second-order valence-electron chi connectivity index (χ2n) is 5.69. The quantitative estimate of drug-likeness (QED) is 0.309. The van der Waals surface area contributed by atoms with E-state index < -0.39 is 4.92 Å². The number of nitro benzene ring substituents is 1. The Kier molecular flexibility index (Phi) is 4.30. The number of carbonyl (C=O) groups is 1. The molecule has 7 heteroatoms. The third-order valence-corrected chi connectivity index (χ3v) is 3.62. The number of allylic oxidation sites excluding steroid dienone is 1. The number of aromatic nitrogens is 2. The van der Waals surface area contributed by atoms with Crippen molar-refractivity contribution in [2.75, 3.05) is 14.1 Å². The lowest BCUT2D eigenvalue weighted by Gasteiger charge is -2.05. The maximum absolute atomic E-state index is 12.7. The molecule has 7 nitrogen and oxygen atoms in total. The molecule has 0 N–H and O–H groups in total. The van der Waals surface area contributed by atoms with Gasteiger partial charge >= 0.3 is 0 Å². The summed E-state index contributed by atoms with van der Waals surface area (Å²) in [6.45, 7) is 0. The highest BCUT2D eigenvalue weighted by Gasteiger charge is 2.20. The van der Waals surface area contributed by atoms with Gasteiger partial charge in [-0.15, -0.1) is 0 Å². The summed E-state index contributed by atoms with van der Waals surface area (Å²) in [7, 11) is 3.64. The van der Waals surface area contributed by atoms with Crippen LogP contribution in [0.4, 0.5) is 5.69 Å². The third kappa shape index (κ3) is 3.25. The Morgan fingerprint density at radius 2 is 2.04 bits per heavy atom. The van der Waals surface area contributed by atoms with E-state index in [1.807, 2.05) is 20.2 Å². The molecule has 0 unspecified atom stereocenters. The van der Waals surface area contributed by atoms with Crippen LogP contribution in [0.1, 0.15) is 10.5 Å². The minimum atomic E-state index is -0.466. The first-order valence-electron chi connectivity index (χ1n) is 7.58. The molecule has 0 saturated heterocycles. The molecular weight excluding hydrogens is 320 g/mol. The number of benzene rings is 1. The van der Waals surface area contributed by atoms with Gasteiger partial charge in [-0.1, -0.05) is 18.2 Å². The number of imidazole rings is 1. The van der Waals surface area contributed by atoms with Crippen molar-refractivity contribution in [3.8, 4) is 11.3 Å². The molecule has 0 bridgehead atoms. The summed E-state index contributed by atoms with van der Waals surface area (Å²) >= 11 is 0. The molecule has 3 rings (SSSR count). The number of carbonyl (C=O) groups excluding carboxylic acids is 1. The number of hydrogen-bond donors (Lipinski definition) is 0. The standard InChI is InChI=1S/C18H16N4O3/c1-20(2)11-9-15(23)18-17(19-16-8-3-4-10-21(16)18)13-6-5-7-14(12-13)22(24)25/h3-12H,1-2H3/b11-9+. The van der Waals surface area contributed by atoms with Crippen molar-refractivity contribution in [1.29, 1.82) is 0 Å².